The maximum Gasteiger partial charge on any atom is 0.135 e. The van der Waals surface area contributed by atoms with Crippen molar-refractivity contribution in [3.05, 3.63) is 259 Å². The SMILES string of the molecule is CC12CC=C(C3=CCC(C)(N(c4ccccc4)c4ccc(-c5ccccc5)cc4)C=C3)C=C1c1cc(-c3ccc(N(c4ccccc4)c4ccc(-c5ccccc5)cc4)cc3)ccc1O2. The summed E-state index contributed by atoms with van der Waals surface area (Å²) in [7, 11) is 0. The van der Waals surface area contributed by atoms with Gasteiger partial charge in [-0.05, 0) is 144 Å². The molecule has 2 aliphatic carbocycles. The van der Waals surface area contributed by atoms with Crippen LogP contribution in [0, 0.1) is 0 Å². The lowest BCUT2D eigenvalue weighted by Crippen LogP contribution is -2.42. The van der Waals surface area contributed by atoms with E-state index < -0.39 is 5.60 Å². The van der Waals surface area contributed by atoms with E-state index in [9.17, 15) is 0 Å². The van der Waals surface area contributed by atoms with Gasteiger partial charge in [0, 0.05) is 46.0 Å². The van der Waals surface area contributed by atoms with Crippen LogP contribution in [0.4, 0.5) is 28.4 Å². The van der Waals surface area contributed by atoms with Gasteiger partial charge in [-0.3, -0.25) is 0 Å². The van der Waals surface area contributed by atoms with Crippen LogP contribution in [0.5, 0.6) is 5.75 Å². The van der Waals surface area contributed by atoms with Crippen molar-refractivity contribution in [3.63, 3.8) is 0 Å². The molecule has 2 atom stereocenters. The van der Waals surface area contributed by atoms with E-state index in [-0.39, 0.29) is 5.54 Å². The van der Waals surface area contributed by atoms with Crippen LogP contribution in [0.25, 0.3) is 39.0 Å². The summed E-state index contributed by atoms with van der Waals surface area (Å²) in [5, 5.41) is 0. The number of hydrogen-bond donors (Lipinski definition) is 0. The largest absolute Gasteiger partial charge is 0.482 e. The van der Waals surface area contributed by atoms with Crippen molar-refractivity contribution in [3.8, 4) is 39.1 Å². The zero-order valence-corrected chi connectivity index (χ0v) is 36.8. The molecule has 1 aliphatic heterocycles. The van der Waals surface area contributed by atoms with Gasteiger partial charge in [-0.15, -0.1) is 0 Å². The lowest BCUT2D eigenvalue weighted by atomic mass is 9.79. The molecule has 0 radical (unpaired) electrons. The molecule has 0 aromatic heterocycles. The number of hydrogen-bond acceptors (Lipinski definition) is 3. The van der Waals surface area contributed by atoms with Crippen molar-refractivity contribution in [2.45, 2.75) is 37.8 Å². The van der Waals surface area contributed by atoms with Gasteiger partial charge < -0.3 is 14.5 Å². The fourth-order valence-corrected chi connectivity index (χ4v) is 9.81. The van der Waals surface area contributed by atoms with Gasteiger partial charge in [0.25, 0.3) is 0 Å². The van der Waals surface area contributed by atoms with Crippen LogP contribution < -0.4 is 14.5 Å². The molecule has 0 amide bonds. The predicted octanol–water partition coefficient (Wildman–Crippen LogP) is 16.5. The molecule has 0 spiro atoms. The molecule has 314 valence electrons. The number of benzene rings is 8. The average molecular weight is 839 g/mol. The molecule has 3 nitrogen and oxygen atoms in total. The molecule has 0 fully saturated rings. The van der Waals surface area contributed by atoms with Crippen LogP contribution in [0.3, 0.4) is 0 Å². The highest BCUT2D eigenvalue weighted by molar-refractivity contribution is 5.87. The van der Waals surface area contributed by atoms with Gasteiger partial charge in [0.1, 0.15) is 11.4 Å². The second kappa shape index (κ2) is 16.7. The first-order valence-electron chi connectivity index (χ1n) is 22.7. The maximum absolute atomic E-state index is 6.75. The van der Waals surface area contributed by atoms with Crippen molar-refractivity contribution >= 4 is 34.0 Å². The predicted molar refractivity (Wildman–Crippen MR) is 272 cm³/mol. The molecule has 0 saturated carbocycles. The summed E-state index contributed by atoms with van der Waals surface area (Å²) < 4.78 is 6.75. The third-order valence-corrected chi connectivity index (χ3v) is 13.3. The quantitative estimate of drug-likeness (QED) is 0.136. The Morgan fingerprint density at radius 1 is 0.415 bits per heavy atom. The van der Waals surface area contributed by atoms with E-state index in [1.54, 1.807) is 0 Å². The van der Waals surface area contributed by atoms with E-state index in [0.717, 1.165) is 35.7 Å². The summed E-state index contributed by atoms with van der Waals surface area (Å²) in [6, 6.07) is 76.0. The highest BCUT2D eigenvalue weighted by Gasteiger charge is 2.42. The zero-order valence-electron chi connectivity index (χ0n) is 36.8. The molecule has 8 aromatic rings. The van der Waals surface area contributed by atoms with E-state index in [4.69, 9.17) is 4.74 Å². The lowest BCUT2D eigenvalue weighted by molar-refractivity contribution is 0.170. The summed E-state index contributed by atoms with van der Waals surface area (Å²) in [6.07, 6.45) is 13.5. The van der Waals surface area contributed by atoms with E-state index in [0.29, 0.717) is 0 Å². The molecule has 65 heavy (non-hydrogen) atoms. The van der Waals surface area contributed by atoms with Gasteiger partial charge in [0.2, 0.25) is 0 Å². The molecule has 3 heteroatoms. The molecule has 0 saturated heterocycles. The first-order valence-corrected chi connectivity index (χ1v) is 22.7. The topological polar surface area (TPSA) is 15.7 Å². The fraction of sp³-hybridized carbons (Fsp3) is 0.0968. The Morgan fingerprint density at radius 2 is 0.846 bits per heavy atom. The van der Waals surface area contributed by atoms with Gasteiger partial charge in [-0.25, -0.2) is 0 Å². The number of allylic oxidation sites excluding steroid dienone is 4. The summed E-state index contributed by atoms with van der Waals surface area (Å²) in [5.41, 5.74) is 17.1. The highest BCUT2D eigenvalue weighted by atomic mass is 16.5. The van der Waals surface area contributed by atoms with Crippen molar-refractivity contribution in [1.29, 1.82) is 0 Å². The number of para-hydroxylation sites is 2. The molecular formula is C62H50N2O. The van der Waals surface area contributed by atoms with Crippen LogP contribution in [-0.2, 0) is 0 Å². The number of nitrogens with zero attached hydrogens (tertiary/aromatic N) is 2. The first kappa shape index (κ1) is 39.9. The van der Waals surface area contributed by atoms with Gasteiger partial charge >= 0.3 is 0 Å². The summed E-state index contributed by atoms with van der Waals surface area (Å²) in [6.45, 7) is 4.57. The van der Waals surface area contributed by atoms with Crippen LogP contribution in [0.1, 0.15) is 32.3 Å². The Hall–Kier alpha value is -7.88. The Balaban J connectivity index is 0.854. The lowest BCUT2D eigenvalue weighted by Gasteiger charge is -2.42. The van der Waals surface area contributed by atoms with Crippen molar-refractivity contribution in [1.82, 2.24) is 0 Å². The second-order valence-corrected chi connectivity index (χ2v) is 17.7. The molecule has 0 N–H and O–H groups in total. The molecule has 2 unspecified atom stereocenters. The Kier molecular flexibility index (Phi) is 10.2. The van der Waals surface area contributed by atoms with Crippen LogP contribution >= 0.6 is 0 Å². The normalized spacial score (nSPS) is 18.3. The Labute approximate surface area is 383 Å². The van der Waals surface area contributed by atoms with E-state index >= 15 is 0 Å². The van der Waals surface area contributed by atoms with Gasteiger partial charge in [0.15, 0.2) is 0 Å². The average Bonchev–Trinajstić information content (AvgIpc) is 3.67. The minimum absolute atomic E-state index is 0.269. The molecule has 8 aromatic carbocycles. The van der Waals surface area contributed by atoms with Crippen molar-refractivity contribution < 1.29 is 4.74 Å². The minimum atomic E-state index is -0.413. The monoisotopic (exact) mass is 838 g/mol. The third-order valence-electron chi connectivity index (χ3n) is 13.3. The molecular weight excluding hydrogens is 789 g/mol. The van der Waals surface area contributed by atoms with Crippen LogP contribution in [-0.4, -0.2) is 11.1 Å². The number of anilines is 5. The van der Waals surface area contributed by atoms with Crippen molar-refractivity contribution in [2.24, 2.45) is 0 Å². The van der Waals surface area contributed by atoms with Gasteiger partial charge in [-0.2, -0.15) is 0 Å². The molecule has 11 rings (SSSR count). The molecule has 1 heterocycles. The summed E-state index contributed by atoms with van der Waals surface area (Å²) in [4.78, 5) is 4.80. The minimum Gasteiger partial charge on any atom is -0.482 e. The third kappa shape index (κ3) is 7.70. The molecule has 0 bridgehead atoms. The molecule has 3 aliphatic rings. The van der Waals surface area contributed by atoms with E-state index in [1.165, 1.54) is 67.0 Å². The van der Waals surface area contributed by atoms with Gasteiger partial charge in [0.05, 0.1) is 5.54 Å². The number of rotatable bonds is 10. The second-order valence-electron chi connectivity index (χ2n) is 17.7. The van der Waals surface area contributed by atoms with Crippen LogP contribution in [0.15, 0.2) is 254 Å². The van der Waals surface area contributed by atoms with Crippen LogP contribution in [0.2, 0.25) is 0 Å². The smallest absolute Gasteiger partial charge is 0.135 e. The highest BCUT2D eigenvalue weighted by Crippen LogP contribution is 2.51. The standard InChI is InChI=1S/C62H50N2O/c1-61(64(56-21-13-6-14-22-56)57-34-27-48(28-35-57)46-17-9-4-10-18-46)40-37-50(38-41-61)52-39-42-62(2)59(44-52)58-43-51(29-36-60(58)65-62)49-25-32-55(33-26-49)63(53-19-11-5-12-20-53)54-30-23-47(24-31-54)45-15-7-3-8-16-45/h3-40,43-44H,41-42H2,1-2H3. The fourth-order valence-electron chi connectivity index (χ4n) is 9.81. The van der Waals surface area contributed by atoms with E-state index in [1.807, 2.05) is 0 Å². The van der Waals surface area contributed by atoms with Gasteiger partial charge in [-0.1, -0.05) is 164 Å². The maximum atomic E-state index is 6.75. The zero-order chi connectivity index (χ0) is 43.8. The summed E-state index contributed by atoms with van der Waals surface area (Å²) in [5.74, 6) is 0.945. The first-order chi connectivity index (χ1) is 31.9. The Morgan fingerprint density at radius 3 is 1.38 bits per heavy atom. The van der Waals surface area contributed by atoms with Crippen molar-refractivity contribution in [2.75, 3.05) is 9.80 Å². The number of fused-ring (bicyclic) bond motifs is 3. The van der Waals surface area contributed by atoms with E-state index in [2.05, 4.69) is 266 Å². The number of ether oxygens (including phenoxy) is 1. The summed E-state index contributed by atoms with van der Waals surface area (Å²) >= 11 is 0. The Bertz CT molecular complexity index is 3100.